The summed E-state index contributed by atoms with van der Waals surface area (Å²) in [4.78, 5) is 14.4. The first-order valence-corrected chi connectivity index (χ1v) is 16.6. The van der Waals surface area contributed by atoms with E-state index in [1.807, 2.05) is 84.9 Å². The molecule has 252 valence electrons. The van der Waals surface area contributed by atoms with E-state index in [0.29, 0.717) is 33.8 Å². The Labute approximate surface area is 290 Å². The van der Waals surface area contributed by atoms with Crippen LogP contribution in [0.25, 0.3) is 10.8 Å². The van der Waals surface area contributed by atoms with Gasteiger partial charge in [0.05, 0.1) is 17.1 Å². The summed E-state index contributed by atoms with van der Waals surface area (Å²) in [5.74, 6) is 0.652. The van der Waals surface area contributed by atoms with Gasteiger partial charge in [0.15, 0.2) is 0 Å². The lowest BCUT2D eigenvalue weighted by Crippen LogP contribution is -2.11. The maximum absolute atomic E-state index is 11.1. The molecular formula is C43H47N3O3. The van der Waals surface area contributed by atoms with Crippen LogP contribution in [0.1, 0.15) is 95.7 Å². The van der Waals surface area contributed by atoms with Crippen LogP contribution < -0.4 is 0 Å². The Morgan fingerprint density at radius 2 is 0.796 bits per heavy atom. The number of fused-ring (bicyclic) bond motifs is 1. The average Bonchev–Trinajstić information content (AvgIpc) is 3.01. The molecule has 6 nitrogen and oxygen atoms in total. The van der Waals surface area contributed by atoms with Crippen molar-refractivity contribution >= 4 is 46.5 Å². The van der Waals surface area contributed by atoms with Crippen LogP contribution >= 0.6 is 0 Å². The molecule has 0 aromatic heterocycles. The fourth-order valence-corrected chi connectivity index (χ4v) is 5.84. The second-order valence-electron chi connectivity index (χ2n) is 15.6. The molecule has 0 fully saturated rings. The zero-order valence-electron chi connectivity index (χ0n) is 30.0. The van der Waals surface area contributed by atoms with Crippen LogP contribution in [0, 0.1) is 0 Å². The molecule has 5 aromatic carbocycles. The Morgan fingerprint density at radius 3 is 1.18 bits per heavy atom. The third-order valence-electron chi connectivity index (χ3n) is 8.62. The summed E-state index contributed by atoms with van der Waals surface area (Å²) >= 11 is 0. The normalized spacial score (nSPS) is 13.0. The summed E-state index contributed by atoms with van der Waals surface area (Å²) in [7, 11) is 0. The Hall–Kier alpha value is -5.23. The topological polar surface area (TPSA) is 97.8 Å². The van der Waals surface area contributed by atoms with Gasteiger partial charge in [0.2, 0.25) is 0 Å². The second kappa shape index (κ2) is 13.3. The maximum atomic E-state index is 11.1. The summed E-state index contributed by atoms with van der Waals surface area (Å²) in [5, 5.41) is 34.8. The predicted molar refractivity (Wildman–Crippen MR) is 206 cm³/mol. The van der Waals surface area contributed by atoms with E-state index in [1.165, 1.54) is 0 Å². The first-order valence-electron chi connectivity index (χ1n) is 16.6. The molecule has 49 heavy (non-hydrogen) atoms. The molecular weight excluding hydrogens is 606 g/mol. The molecule has 0 atom stereocenters. The number of phenols is 3. The first-order chi connectivity index (χ1) is 22.9. The minimum atomic E-state index is -0.227. The lowest BCUT2D eigenvalue weighted by Gasteiger charge is -2.21. The Balaban J connectivity index is 1.61. The van der Waals surface area contributed by atoms with Crippen LogP contribution in [-0.4, -0.2) is 34.0 Å². The van der Waals surface area contributed by atoms with E-state index < -0.39 is 0 Å². The summed E-state index contributed by atoms with van der Waals surface area (Å²) in [6.45, 7) is 18.6. The summed E-state index contributed by atoms with van der Waals surface area (Å²) in [5.41, 5.74) is 5.85. The molecule has 0 amide bonds. The monoisotopic (exact) mass is 653 g/mol. The number of benzene rings is 5. The lowest BCUT2D eigenvalue weighted by atomic mass is 9.85. The number of nitrogens with zero attached hydrogens (tertiary/aromatic N) is 3. The van der Waals surface area contributed by atoms with E-state index >= 15 is 0 Å². The number of hydrogen-bond acceptors (Lipinski definition) is 6. The van der Waals surface area contributed by atoms with Crippen molar-refractivity contribution in [2.45, 2.75) is 78.6 Å². The molecule has 0 heterocycles. The molecule has 3 N–H and O–H groups in total. The molecule has 0 spiro atoms. The molecule has 6 heteroatoms. The number of phenolic OH excluding ortho intramolecular Hbond substituents is 3. The molecule has 0 saturated heterocycles. The van der Waals surface area contributed by atoms with Gasteiger partial charge in [0.25, 0.3) is 0 Å². The number of rotatable bonds is 6. The molecule has 0 bridgehead atoms. The van der Waals surface area contributed by atoms with Gasteiger partial charge < -0.3 is 15.3 Å². The van der Waals surface area contributed by atoms with Gasteiger partial charge in [-0.25, -0.2) is 0 Å². The van der Waals surface area contributed by atoms with Crippen LogP contribution in [0.2, 0.25) is 0 Å². The maximum Gasteiger partial charge on any atom is 0.128 e. The quantitative estimate of drug-likeness (QED) is 0.159. The predicted octanol–water partition coefficient (Wildman–Crippen LogP) is 11.1. The van der Waals surface area contributed by atoms with Crippen molar-refractivity contribution in [2.24, 2.45) is 15.0 Å². The molecule has 0 radical (unpaired) electrons. The van der Waals surface area contributed by atoms with E-state index in [0.717, 1.165) is 27.5 Å². The minimum Gasteiger partial charge on any atom is -0.507 e. The number of aromatic hydroxyl groups is 3. The van der Waals surface area contributed by atoms with Crippen LogP contribution in [0.5, 0.6) is 17.2 Å². The third kappa shape index (κ3) is 7.75. The van der Waals surface area contributed by atoms with Crippen molar-refractivity contribution in [2.75, 3.05) is 0 Å². The van der Waals surface area contributed by atoms with Crippen LogP contribution in [0.4, 0.5) is 17.1 Å². The molecule has 0 saturated carbocycles. The Kier molecular flexibility index (Phi) is 9.56. The van der Waals surface area contributed by atoms with Crippen molar-refractivity contribution in [1.82, 2.24) is 0 Å². The van der Waals surface area contributed by atoms with Gasteiger partial charge in [-0.2, -0.15) is 0 Å². The highest BCUT2D eigenvalue weighted by Gasteiger charge is 2.21. The van der Waals surface area contributed by atoms with Crippen LogP contribution in [0.15, 0.2) is 99.9 Å². The molecule has 0 unspecified atom stereocenters. The fraction of sp³-hybridized carbons (Fsp3) is 0.279. The van der Waals surface area contributed by atoms with Crippen molar-refractivity contribution in [3.63, 3.8) is 0 Å². The summed E-state index contributed by atoms with van der Waals surface area (Å²) < 4.78 is 0. The van der Waals surface area contributed by atoms with Crippen molar-refractivity contribution in [3.8, 4) is 17.2 Å². The van der Waals surface area contributed by atoms with Gasteiger partial charge in [-0.05, 0) is 81.5 Å². The average molecular weight is 654 g/mol. The largest absolute Gasteiger partial charge is 0.507 e. The highest BCUT2D eigenvalue weighted by atomic mass is 16.3. The molecule has 0 aliphatic rings. The Bertz CT molecular complexity index is 2100. The number of para-hydroxylation sites is 3. The standard InChI is InChI=1S/C43H47N3O3/c1-41(2,3)33-16-10-13-27(38(33)47)24-44-30-19-20-31-32(23-30)37(46-26-29-15-12-18-35(40(29)49)43(7,8)9)22-21-36(31)45-25-28-14-11-17-34(39(28)48)42(4,5)6/h10-26,47-49H,1-9H3/b44-24+,45-25+,46-26+. The highest BCUT2D eigenvalue weighted by molar-refractivity contribution is 6.04. The van der Waals surface area contributed by atoms with Crippen LogP contribution in [0.3, 0.4) is 0 Å². The summed E-state index contributed by atoms with van der Waals surface area (Å²) in [6.07, 6.45) is 5.05. The Morgan fingerprint density at radius 1 is 0.429 bits per heavy atom. The van der Waals surface area contributed by atoms with E-state index in [1.54, 1.807) is 18.6 Å². The first kappa shape index (κ1) is 35.1. The lowest BCUT2D eigenvalue weighted by molar-refractivity contribution is 0.445. The van der Waals surface area contributed by atoms with Crippen molar-refractivity contribution < 1.29 is 15.3 Å². The zero-order valence-corrected chi connectivity index (χ0v) is 30.0. The van der Waals surface area contributed by atoms with Gasteiger partial charge in [0, 0.05) is 46.1 Å². The minimum absolute atomic E-state index is 0.212. The SMILES string of the molecule is CC(C)(C)c1cccc(/C=N/c2ccc3c(/N=C/c4cccc(C(C)(C)C)c4O)ccc(/N=C/c4cccc(C(C)(C)C)c4O)c3c2)c1O. The van der Waals surface area contributed by atoms with Crippen molar-refractivity contribution in [1.29, 1.82) is 0 Å². The van der Waals surface area contributed by atoms with E-state index in [9.17, 15) is 15.3 Å². The summed E-state index contributed by atoms with van der Waals surface area (Å²) in [6, 6.07) is 26.8. The zero-order chi connectivity index (χ0) is 35.7. The van der Waals surface area contributed by atoms with E-state index in [-0.39, 0.29) is 33.5 Å². The van der Waals surface area contributed by atoms with E-state index in [4.69, 9.17) is 15.0 Å². The van der Waals surface area contributed by atoms with Crippen LogP contribution in [-0.2, 0) is 16.2 Å². The highest BCUT2D eigenvalue weighted by Crippen LogP contribution is 2.39. The second-order valence-corrected chi connectivity index (χ2v) is 15.6. The van der Waals surface area contributed by atoms with Gasteiger partial charge in [0.1, 0.15) is 17.2 Å². The molecule has 5 rings (SSSR count). The van der Waals surface area contributed by atoms with Gasteiger partial charge in [-0.3, -0.25) is 15.0 Å². The van der Waals surface area contributed by atoms with Gasteiger partial charge >= 0.3 is 0 Å². The van der Waals surface area contributed by atoms with Crippen molar-refractivity contribution in [3.05, 3.63) is 118 Å². The van der Waals surface area contributed by atoms with E-state index in [2.05, 4.69) is 62.3 Å². The fourth-order valence-electron chi connectivity index (χ4n) is 5.84. The smallest absolute Gasteiger partial charge is 0.128 e. The number of aliphatic imine (C=N–C) groups is 3. The van der Waals surface area contributed by atoms with Gasteiger partial charge in [-0.1, -0.05) is 98.7 Å². The molecule has 5 aromatic rings. The number of hydrogen-bond donors (Lipinski definition) is 3. The molecule has 0 aliphatic heterocycles. The molecule has 0 aliphatic carbocycles. The van der Waals surface area contributed by atoms with Gasteiger partial charge in [-0.15, -0.1) is 0 Å². The third-order valence-corrected chi connectivity index (χ3v) is 8.62.